The lowest BCUT2D eigenvalue weighted by molar-refractivity contribution is -0.125. The van der Waals surface area contributed by atoms with Crippen molar-refractivity contribution in [3.8, 4) is 0 Å². The minimum Gasteiger partial charge on any atom is -0.309 e. The first-order valence-corrected chi connectivity index (χ1v) is 6.72. The number of hydrogen-bond acceptors (Lipinski definition) is 4. The van der Waals surface area contributed by atoms with E-state index >= 15 is 0 Å². The third-order valence-corrected chi connectivity index (χ3v) is 3.21. The summed E-state index contributed by atoms with van der Waals surface area (Å²) in [6, 6.07) is -0.914. The van der Waals surface area contributed by atoms with Crippen LogP contribution in [0.2, 0.25) is 0 Å². The first-order chi connectivity index (χ1) is 8.61. The van der Waals surface area contributed by atoms with Crippen molar-refractivity contribution in [2.24, 2.45) is 5.73 Å². The molecule has 6 nitrogen and oxygen atoms in total. The van der Waals surface area contributed by atoms with Crippen molar-refractivity contribution in [1.29, 1.82) is 0 Å². The quantitative estimate of drug-likeness (QED) is 0.575. The molecule has 2 unspecified atom stereocenters. The minimum absolute atomic E-state index is 0.326. The lowest BCUT2D eigenvalue weighted by Crippen LogP contribution is -2.69. The smallest absolute Gasteiger partial charge is 0.309 e. The Morgan fingerprint density at radius 1 is 1.28 bits per heavy atom. The van der Waals surface area contributed by atoms with E-state index in [0.717, 1.165) is 19.4 Å². The highest BCUT2D eigenvalue weighted by molar-refractivity contribution is 6.00. The Labute approximate surface area is 108 Å². The van der Waals surface area contributed by atoms with E-state index in [4.69, 9.17) is 5.73 Å². The van der Waals surface area contributed by atoms with Gasteiger partial charge in [0.2, 0.25) is 5.91 Å². The van der Waals surface area contributed by atoms with Crippen LogP contribution in [0.25, 0.3) is 0 Å². The van der Waals surface area contributed by atoms with Gasteiger partial charge in [-0.3, -0.25) is 10.1 Å². The molecular formula is C12H24N4O2. The van der Waals surface area contributed by atoms with Crippen molar-refractivity contribution in [3.05, 3.63) is 0 Å². The highest BCUT2D eigenvalue weighted by Gasteiger charge is 2.37. The number of carbonyl (C=O) groups excluding carboxylic acids is 2. The van der Waals surface area contributed by atoms with Crippen molar-refractivity contribution in [2.45, 2.75) is 51.7 Å². The molecule has 3 amide bonds. The molecule has 0 bridgehead atoms. The maximum atomic E-state index is 11.7. The van der Waals surface area contributed by atoms with Gasteiger partial charge in [0.1, 0.15) is 12.2 Å². The lowest BCUT2D eigenvalue weighted by Gasteiger charge is -2.37. The van der Waals surface area contributed by atoms with Gasteiger partial charge in [-0.25, -0.2) is 4.79 Å². The van der Waals surface area contributed by atoms with Crippen LogP contribution in [0, 0.1) is 0 Å². The van der Waals surface area contributed by atoms with Gasteiger partial charge in [-0.1, -0.05) is 26.2 Å². The maximum Gasteiger partial charge on any atom is 0.325 e. The Kier molecular flexibility index (Phi) is 6.07. The Morgan fingerprint density at radius 2 is 2.00 bits per heavy atom. The van der Waals surface area contributed by atoms with Crippen molar-refractivity contribution in [3.63, 3.8) is 0 Å². The van der Waals surface area contributed by atoms with Crippen LogP contribution in [-0.2, 0) is 4.79 Å². The molecule has 1 rings (SSSR count). The molecule has 1 heterocycles. The SMILES string of the molecule is CCCCCCNC1C(=O)NC(=O)N(CC)C1N. The number of likely N-dealkylation sites (N-methyl/N-ethyl adjacent to an activating group) is 1. The van der Waals surface area contributed by atoms with E-state index in [1.165, 1.54) is 17.7 Å². The molecule has 0 aromatic carbocycles. The Bertz CT molecular complexity index is 296. The van der Waals surface area contributed by atoms with E-state index in [1.54, 1.807) is 0 Å². The summed E-state index contributed by atoms with van der Waals surface area (Å²) in [5.74, 6) is -0.326. The normalized spacial score (nSPS) is 24.3. The predicted octanol–water partition coefficient (Wildman–Crippen LogP) is 0.381. The van der Waals surface area contributed by atoms with E-state index < -0.39 is 18.2 Å². The number of nitrogens with two attached hydrogens (primary N) is 1. The number of nitrogens with zero attached hydrogens (tertiary/aromatic N) is 1. The van der Waals surface area contributed by atoms with Crippen molar-refractivity contribution in [2.75, 3.05) is 13.1 Å². The summed E-state index contributed by atoms with van der Waals surface area (Å²) >= 11 is 0. The molecule has 0 spiro atoms. The standard InChI is InChI=1S/C12H24N4O2/c1-3-5-6-7-8-14-9-10(13)16(4-2)12(18)15-11(9)17/h9-10,14H,3-8,13H2,1-2H3,(H,15,17,18). The third-order valence-electron chi connectivity index (χ3n) is 3.21. The van der Waals surface area contributed by atoms with E-state index in [1.807, 2.05) is 6.92 Å². The summed E-state index contributed by atoms with van der Waals surface area (Å²) in [7, 11) is 0. The molecule has 4 N–H and O–H groups in total. The van der Waals surface area contributed by atoms with E-state index in [2.05, 4.69) is 17.6 Å². The lowest BCUT2D eigenvalue weighted by atomic mass is 10.1. The fourth-order valence-electron chi connectivity index (χ4n) is 2.10. The van der Waals surface area contributed by atoms with E-state index in [0.29, 0.717) is 6.54 Å². The van der Waals surface area contributed by atoms with Crippen molar-refractivity contribution < 1.29 is 9.59 Å². The second kappa shape index (κ2) is 7.33. The molecule has 0 aromatic heterocycles. The van der Waals surface area contributed by atoms with Gasteiger partial charge in [0.05, 0.1) is 0 Å². The predicted molar refractivity (Wildman–Crippen MR) is 69.8 cm³/mol. The van der Waals surface area contributed by atoms with Gasteiger partial charge >= 0.3 is 6.03 Å². The van der Waals surface area contributed by atoms with Crippen LogP contribution in [0.3, 0.4) is 0 Å². The first kappa shape index (κ1) is 14.9. The zero-order valence-corrected chi connectivity index (χ0v) is 11.2. The number of amides is 3. The molecule has 18 heavy (non-hydrogen) atoms. The van der Waals surface area contributed by atoms with Gasteiger partial charge in [0.15, 0.2) is 0 Å². The molecule has 0 aliphatic carbocycles. The molecule has 104 valence electrons. The van der Waals surface area contributed by atoms with Crippen LogP contribution < -0.4 is 16.4 Å². The molecule has 0 radical (unpaired) electrons. The van der Waals surface area contributed by atoms with Crippen LogP contribution in [0.4, 0.5) is 4.79 Å². The Balaban J connectivity index is 2.42. The molecular weight excluding hydrogens is 232 g/mol. The number of nitrogens with one attached hydrogen (secondary N) is 2. The molecule has 6 heteroatoms. The molecule has 1 fully saturated rings. The second-order valence-electron chi connectivity index (χ2n) is 4.56. The van der Waals surface area contributed by atoms with Crippen LogP contribution >= 0.6 is 0 Å². The van der Waals surface area contributed by atoms with Crippen LogP contribution in [-0.4, -0.2) is 42.1 Å². The Morgan fingerprint density at radius 3 is 2.61 bits per heavy atom. The molecule has 1 aliphatic heterocycles. The summed E-state index contributed by atoms with van der Waals surface area (Å²) in [5.41, 5.74) is 5.94. The largest absolute Gasteiger partial charge is 0.325 e. The maximum absolute atomic E-state index is 11.7. The number of urea groups is 1. The number of unbranched alkanes of at least 4 members (excludes halogenated alkanes) is 3. The topological polar surface area (TPSA) is 87.5 Å². The highest BCUT2D eigenvalue weighted by Crippen LogP contribution is 2.07. The monoisotopic (exact) mass is 256 g/mol. The van der Waals surface area contributed by atoms with Gasteiger partial charge < -0.3 is 16.0 Å². The number of carbonyl (C=O) groups is 2. The van der Waals surface area contributed by atoms with Crippen LogP contribution in [0.15, 0.2) is 0 Å². The molecule has 0 saturated carbocycles. The summed E-state index contributed by atoms with van der Waals surface area (Å²) in [6.07, 6.45) is 3.96. The number of imide groups is 1. The molecule has 0 aromatic rings. The summed E-state index contributed by atoms with van der Waals surface area (Å²) < 4.78 is 0. The fraction of sp³-hybridized carbons (Fsp3) is 0.833. The molecule has 1 aliphatic rings. The molecule has 1 saturated heterocycles. The number of rotatable bonds is 7. The Hall–Kier alpha value is -1.14. The first-order valence-electron chi connectivity index (χ1n) is 6.72. The summed E-state index contributed by atoms with van der Waals surface area (Å²) in [5, 5.41) is 5.45. The summed E-state index contributed by atoms with van der Waals surface area (Å²) in [4.78, 5) is 24.7. The van der Waals surface area contributed by atoms with E-state index in [-0.39, 0.29) is 5.91 Å². The highest BCUT2D eigenvalue weighted by atomic mass is 16.2. The second-order valence-corrected chi connectivity index (χ2v) is 4.56. The van der Waals surface area contributed by atoms with Gasteiger partial charge in [-0.2, -0.15) is 0 Å². The van der Waals surface area contributed by atoms with Gasteiger partial charge in [-0.05, 0) is 19.9 Å². The molecule has 2 atom stereocenters. The minimum atomic E-state index is -0.581. The number of hydrogen-bond donors (Lipinski definition) is 3. The zero-order valence-electron chi connectivity index (χ0n) is 11.2. The zero-order chi connectivity index (χ0) is 13.5. The fourth-order valence-corrected chi connectivity index (χ4v) is 2.10. The van der Waals surface area contributed by atoms with Crippen LogP contribution in [0.5, 0.6) is 0 Å². The third kappa shape index (κ3) is 3.68. The van der Waals surface area contributed by atoms with Crippen molar-refractivity contribution >= 4 is 11.9 Å². The van der Waals surface area contributed by atoms with Gasteiger partial charge in [0, 0.05) is 6.54 Å². The van der Waals surface area contributed by atoms with Gasteiger partial charge in [-0.15, -0.1) is 0 Å². The summed E-state index contributed by atoms with van der Waals surface area (Å²) in [6.45, 7) is 5.24. The average molecular weight is 256 g/mol. The van der Waals surface area contributed by atoms with Gasteiger partial charge in [0.25, 0.3) is 0 Å². The van der Waals surface area contributed by atoms with E-state index in [9.17, 15) is 9.59 Å². The van der Waals surface area contributed by atoms with Crippen LogP contribution in [0.1, 0.15) is 39.5 Å². The average Bonchev–Trinajstić information content (AvgIpc) is 2.32. The van der Waals surface area contributed by atoms with Crippen molar-refractivity contribution in [1.82, 2.24) is 15.5 Å².